The lowest BCUT2D eigenvalue weighted by Crippen LogP contribution is -2.40. The summed E-state index contributed by atoms with van der Waals surface area (Å²) in [6, 6.07) is 0.245. The standard InChI is InChI=1S/C10H17N3O2/c1-2-13-9(14)7-12(10(13)15)6-8-4-3-5-11-8/h8,11H,2-7H2,1H3. The van der Waals surface area contributed by atoms with Crippen molar-refractivity contribution < 1.29 is 9.59 Å². The summed E-state index contributed by atoms with van der Waals surface area (Å²) in [6.07, 6.45) is 2.27. The topological polar surface area (TPSA) is 52.7 Å². The number of nitrogens with one attached hydrogen (secondary N) is 1. The van der Waals surface area contributed by atoms with Crippen LogP contribution in [-0.2, 0) is 4.79 Å². The van der Waals surface area contributed by atoms with Gasteiger partial charge in [-0.15, -0.1) is 0 Å². The summed E-state index contributed by atoms with van der Waals surface area (Å²) < 4.78 is 0. The molecule has 0 bridgehead atoms. The van der Waals surface area contributed by atoms with E-state index in [2.05, 4.69) is 5.32 Å². The van der Waals surface area contributed by atoms with Crippen LogP contribution >= 0.6 is 0 Å². The minimum atomic E-state index is -0.129. The van der Waals surface area contributed by atoms with Gasteiger partial charge in [-0.05, 0) is 26.3 Å². The van der Waals surface area contributed by atoms with E-state index in [9.17, 15) is 9.59 Å². The number of hydrogen-bond acceptors (Lipinski definition) is 3. The minimum absolute atomic E-state index is 0.0690. The van der Waals surface area contributed by atoms with Crippen LogP contribution in [0.4, 0.5) is 4.79 Å². The number of imide groups is 1. The lowest BCUT2D eigenvalue weighted by Gasteiger charge is -2.19. The Bertz CT molecular complexity index is 274. The zero-order valence-electron chi connectivity index (χ0n) is 9.03. The number of rotatable bonds is 3. The highest BCUT2D eigenvalue weighted by Gasteiger charge is 2.35. The summed E-state index contributed by atoms with van der Waals surface area (Å²) in [4.78, 5) is 26.1. The third kappa shape index (κ3) is 1.97. The molecule has 15 heavy (non-hydrogen) atoms. The zero-order valence-corrected chi connectivity index (χ0v) is 9.03. The fraction of sp³-hybridized carbons (Fsp3) is 0.800. The number of likely N-dealkylation sites (N-methyl/N-ethyl adjacent to an activating group) is 1. The molecule has 2 aliphatic heterocycles. The van der Waals surface area contributed by atoms with Crippen LogP contribution in [0.1, 0.15) is 19.8 Å². The average Bonchev–Trinajstić information content (AvgIpc) is 2.78. The van der Waals surface area contributed by atoms with Gasteiger partial charge in [0.05, 0.1) is 0 Å². The fourth-order valence-electron chi connectivity index (χ4n) is 2.23. The lowest BCUT2D eigenvalue weighted by molar-refractivity contribution is -0.125. The summed E-state index contributed by atoms with van der Waals surface area (Å²) in [5.41, 5.74) is 0. The normalized spacial score (nSPS) is 26.9. The van der Waals surface area contributed by atoms with Crippen molar-refractivity contribution in [2.75, 3.05) is 26.2 Å². The molecule has 2 rings (SSSR count). The fourth-order valence-corrected chi connectivity index (χ4v) is 2.23. The maximum Gasteiger partial charge on any atom is 0.327 e. The van der Waals surface area contributed by atoms with Crippen LogP contribution in [0, 0.1) is 0 Å². The number of nitrogens with zero attached hydrogens (tertiary/aromatic N) is 2. The van der Waals surface area contributed by atoms with E-state index in [1.165, 1.54) is 4.90 Å². The molecular weight excluding hydrogens is 194 g/mol. The molecule has 1 atom stereocenters. The Balaban J connectivity index is 1.93. The molecule has 84 valence electrons. The molecule has 5 nitrogen and oxygen atoms in total. The second-order valence-corrected chi connectivity index (χ2v) is 4.09. The molecule has 2 fully saturated rings. The first kappa shape index (κ1) is 10.4. The van der Waals surface area contributed by atoms with Gasteiger partial charge in [-0.2, -0.15) is 0 Å². The van der Waals surface area contributed by atoms with Gasteiger partial charge in [-0.1, -0.05) is 0 Å². The van der Waals surface area contributed by atoms with Gasteiger partial charge in [0.25, 0.3) is 0 Å². The number of carbonyl (C=O) groups is 2. The molecular formula is C10H17N3O2. The lowest BCUT2D eigenvalue weighted by atomic mass is 10.2. The summed E-state index contributed by atoms with van der Waals surface area (Å²) in [7, 11) is 0. The van der Waals surface area contributed by atoms with E-state index in [1.54, 1.807) is 4.90 Å². The largest absolute Gasteiger partial charge is 0.327 e. The molecule has 0 aromatic rings. The molecule has 0 aromatic carbocycles. The predicted octanol–water partition coefficient (Wildman–Crippen LogP) is 0.0225. The quantitative estimate of drug-likeness (QED) is 0.670. The van der Waals surface area contributed by atoms with Crippen LogP contribution in [0.15, 0.2) is 0 Å². The molecule has 1 N–H and O–H groups in total. The number of carbonyl (C=O) groups excluding carboxylic acids is 2. The maximum absolute atomic E-state index is 11.7. The molecule has 0 spiro atoms. The van der Waals surface area contributed by atoms with E-state index in [0.29, 0.717) is 19.1 Å². The second-order valence-electron chi connectivity index (χ2n) is 4.09. The van der Waals surface area contributed by atoms with Crippen molar-refractivity contribution in [3.63, 3.8) is 0 Å². The molecule has 0 radical (unpaired) electrons. The van der Waals surface area contributed by atoms with Gasteiger partial charge in [-0.25, -0.2) is 4.79 Å². The molecule has 0 aliphatic carbocycles. The van der Waals surface area contributed by atoms with Gasteiger partial charge in [0.2, 0.25) is 5.91 Å². The van der Waals surface area contributed by atoms with Crippen LogP contribution in [0.25, 0.3) is 0 Å². The Morgan fingerprint density at radius 1 is 1.47 bits per heavy atom. The second kappa shape index (κ2) is 4.18. The van der Waals surface area contributed by atoms with Gasteiger partial charge < -0.3 is 10.2 Å². The minimum Gasteiger partial charge on any atom is -0.313 e. The van der Waals surface area contributed by atoms with Crippen LogP contribution in [0.5, 0.6) is 0 Å². The summed E-state index contributed by atoms with van der Waals surface area (Å²) in [5.74, 6) is -0.0690. The van der Waals surface area contributed by atoms with Crippen molar-refractivity contribution in [2.45, 2.75) is 25.8 Å². The Morgan fingerprint density at radius 2 is 2.27 bits per heavy atom. The van der Waals surface area contributed by atoms with Crippen molar-refractivity contribution in [3.8, 4) is 0 Å². The maximum atomic E-state index is 11.7. The SMILES string of the molecule is CCN1C(=O)CN(CC2CCCN2)C1=O. The Kier molecular flexibility index (Phi) is 2.90. The number of hydrogen-bond donors (Lipinski definition) is 1. The van der Waals surface area contributed by atoms with E-state index >= 15 is 0 Å². The Hall–Kier alpha value is -1.10. The molecule has 0 aromatic heterocycles. The van der Waals surface area contributed by atoms with Gasteiger partial charge in [0.1, 0.15) is 6.54 Å². The van der Waals surface area contributed by atoms with Gasteiger partial charge in [0.15, 0.2) is 0 Å². The van der Waals surface area contributed by atoms with Crippen molar-refractivity contribution in [1.29, 1.82) is 0 Å². The molecule has 1 unspecified atom stereocenters. The molecule has 3 amide bonds. The highest BCUT2D eigenvalue weighted by molar-refractivity contribution is 6.01. The highest BCUT2D eigenvalue weighted by Crippen LogP contribution is 2.13. The van der Waals surface area contributed by atoms with Crippen LogP contribution in [-0.4, -0.2) is 54.0 Å². The molecule has 0 saturated carbocycles. The van der Waals surface area contributed by atoms with E-state index in [0.717, 1.165) is 19.4 Å². The molecule has 2 heterocycles. The van der Waals surface area contributed by atoms with E-state index < -0.39 is 0 Å². The Labute approximate surface area is 89.4 Å². The van der Waals surface area contributed by atoms with Gasteiger partial charge >= 0.3 is 6.03 Å². The monoisotopic (exact) mass is 211 g/mol. The van der Waals surface area contributed by atoms with Crippen LogP contribution < -0.4 is 5.32 Å². The van der Waals surface area contributed by atoms with E-state index in [1.807, 2.05) is 6.92 Å². The van der Waals surface area contributed by atoms with Crippen molar-refractivity contribution in [1.82, 2.24) is 15.1 Å². The first-order valence-electron chi connectivity index (χ1n) is 5.55. The third-order valence-corrected chi connectivity index (χ3v) is 3.05. The predicted molar refractivity (Wildman–Crippen MR) is 55.4 cm³/mol. The number of amides is 3. The van der Waals surface area contributed by atoms with E-state index in [4.69, 9.17) is 0 Å². The molecule has 5 heteroatoms. The summed E-state index contributed by atoms with van der Waals surface area (Å²) >= 11 is 0. The summed E-state index contributed by atoms with van der Waals surface area (Å²) in [5, 5.41) is 3.33. The Morgan fingerprint density at radius 3 is 2.80 bits per heavy atom. The average molecular weight is 211 g/mol. The van der Waals surface area contributed by atoms with E-state index in [-0.39, 0.29) is 18.5 Å². The first-order chi connectivity index (χ1) is 7.22. The van der Waals surface area contributed by atoms with Crippen LogP contribution in [0.2, 0.25) is 0 Å². The van der Waals surface area contributed by atoms with Gasteiger partial charge in [0, 0.05) is 19.1 Å². The zero-order chi connectivity index (χ0) is 10.8. The van der Waals surface area contributed by atoms with Crippen molar-refractivity contribution in [2.24, 2.45) is 0 Å². The van der Waals surface area contributed by atoms with Crippen molar-refractivity contribution in [3.05, 3.63) is 0 Å². The summed E-state index contributed by atoms with van der Waals surface area (Å²) in [6.45, 7) is 4.25. The highest BCUT2D eigenvalue weighted by atomic mass is 16.2. The van der Waals surface area contributed by atoms with Crippen LogP contribution in [0.3, 0.4) is 0 Å². The van der Waals surface area contributed by atoms with Crippen molar-refractivity contribution >= 4 is 11.9 Å². The molecule has 2 aliphatic rings. The molecule has 2 saturated heterocycles. The van der Waals surface area contributed by atoms with Gasteiger partial charge in [-0.3, -0.25) is 9.69 Å². The smallest absolute Gasteiger partial charge is 0.313 e. The number of urea groups is 1. The first-order valence-corrected chi connectivity index (χ1v) is 5.55. The third-order valence-electron chi connectivity index (χ3n) is 3.05.